The Balaban J connectivity index is 0.00000176. The zero-order valence-corrected chi connectivity index (χ0v) is 14.2. The van der Waals surface area contributed by atoms with E-state index < -0.39 is 10.0 Å². The van der Waals surface area contributed by atoms with Crippen molar-refractivity contribution in [3.05, 3.63) is 17.7 Å². The largest absolute Gasteiger partial charge is 0.454 e. The van der Waals surface area contributed by atoms with Crippen molar-refractivity contribution in [3.63, 3.8) is 0 Å². The van der Waals surface area contributed by atoms with Crippen LogP contribution in [0.1, 0.15) is 18.9 Å². The number of benzene rings is 1. The second-order valence-electron chi connectivity index (χ2n) is 5.67. The van der Waals surface area contributed by atoms with Crippen LogP contribution in [0.5, 0.6) is 11.5 Å². The highest BCUT2D eigenvalue weighted by Gasteiger charge is 2.29. The van der Waals surface area contributed by atoms with Crippen LogP contribution in [0.2, 0.25) is 0 Å². The molecule has 1 fully saturated rings. The Hall–Kier alpha value is -1.02. The Morgan fingerprint density at radius 1 is 1.27 bits per heavy atom. The molecule has 8 heteroatoms. The Morgan fingerprint density at radius 3 is 2.64 bits per heavy atom. The van der Waals surface area contributed by atoms with Gasteiger partial charge in [0, 0.05) is 12.1 Å². The lowest BCUT2D eigenvalue weighted by molar-refractivity contribution is 0.174. The highest BCUT2D eigenvalue weighted by atomic mass is 35.5. The lowest BCUT2D eigenvalue weighted by Crippen LogP contribution is -2.48. The van der Waals surface area contributed by atoms with Crippen LogP contribution in [0, 0.1) is 12.8 Å². The third-order valence-corrected chi connectivity index (χ3v) is 5.68. The van der Waals surface area contributed by atoms with E-state index in [4.69, 9.17) is 9.47 Å². The Labute approximate surface area is 137 Å². The third kappa shape index (κ3) is 3.32. The number of aryl methyl sites for hydroxylation is 1. The molecule has 2 heterocycles. The van der Waals surface area contributed by atoms with Crippen LogP contribution in [0.3, 0.4) is 0 Å². The fourth-order valence-corrected chi connectivity index (χ4v) is 4.39. The van der Waals surface area contributed by atoms with Gasteiger partial charge in [0.2, 0.25) is 16.8 Å². The number of hydrogen-bond acceptors (Lipinski definition) is 5. The average Bonchev–Trinajstić information content (AvgIpc) is 2.87. The topological polar surface area (TPSA) is 76.7 Å². The van der Waals surface area contributed by atoms with Crippen molar-refractivity contribution in [1.29, 1.82) is 0 Å². The number of hydrogen-bond donors (Lipinski definition) is 2. The number of piperidine rings is 1. The number of sulfonamides is 1. The first-order valence-corrected chi connectivity index (χ1v) is 8.59. The van der Waals surface area contributed by atoms with E-state index >= 15 is 0 Å². The van der Waals surface area contributed by atoms with Crippen LogP contribution in [0.4, 0.5) is 0 Å². The van der Waals surface area contributed by atoms with E-state index in [1.165, 1.54) is 0 Å². The molecule has 1 aromatic carbocycles. The molecule has 3 rings (SSSR count). The first-order valence-electron chi connectivity index (χ1n) is 7.10. The van der Waals surface area contributed by atoms with Gasteiger partial charge in [-0.1, -0.05) is 6.92 Å². The molecule has 0 bridgehead atoms. The van der Waals surface area contributed by atoms with Crippen molar-refractivity contribution in [2.24, 2.45) is 5.92 Å². The predicted molar refractivity (Wildman–Crippen MR) is 85.3 cm³/mol. The van der Waals surface area contributed by atoms with E-state index in [0.29, 0.717) is 17.1 Å². The van der Waals surface area contributed by atoms with E-state index in [1.807, 2.05) is 6.92 Å². The molecule has 0 radical (unpaired) electrons. The minimum Gasteiger partial charge on any atom is -0.454 e. The molecule has 2 atom stereocenters. The van der Waals surface area contributed by atoms with Crippen molar-refractivity contribution in [2.45, 2.75) is 31.2 Å². The first-order chi connectivity index (χ1) is 9.97. The second kappa shape index (κ2) is 6.62. The third-order valence-electron chi connectivity index (χ3n) is 4.05. The van der Waals surface area contributed by atoms with E-state index in [1.54, 1.807) is 19.1 Å². The van der Waals surface area contributed by atoms with Crippen LogP contribution in [0.15, 0.2) is 17.0 Å². The lowest BCUT2D eigenvalue weighted by Gasteiger charge is -2.30. The van der Waals surface area contributed by atoms with E-state index in [0.717, 1.165) is 19.5 Å². The summed E-state index contributed by atoms with van der Waals surface area (Å²) in [6.45, 7) is 5.61. The molecule has 1 saturated heterocycles. The van der Waals surface area contributed by atoms with Crippen LogP contribution in [-0.4, -0.2) is 34.3 Å². The number of halogens is 1. The number of nitrogens with one attached hydrogen (secondary N) is 2. The van der Waals surface area contributed by atoms with Crippen LogP contribution < -0.4 is 19.5 Å². The van der Waals surface area contributed by atoms with Crippen molar-refractivity contribution in [2.75, 3.05) is 19.9 Å². The Bertz CT molecular complexity index is 650. The van der Waals surface area contributed by atoms with Crippen LogP contribution in [-0.2, 0) is 10.0 Å². The molecule has 2 aliphatic heterocycles. The van der Waals surface area contributed by atoms with Crippen LogP contribution in [0.25, 0.3) is 0 Å². The van der Waals surface area contributed by atoms with Gasteiger partial charge < -0.3 is 14.8 Å². The van der Waals surface area contributed by atoms with Gasteiger partial charge in [-0.25, -0.2) is 13.1 Å². The van der Waals surface area contributed by atoms with E-state index in [-0.39, 0.29) is 36.1 Å². The maximum atomic E-state index is 12.6. The molecule has 0 saturated carbocycles. The van der Waals surface area contributed by atoms with Gasteiger partial charge in [-0.05, 0) is 44.0 Å². The summed E-state index contributed by atoms with van der Waals surface area (Å²) in [6.07, 6.45) is 0.796. The summed E-state index contributed by atoms with van der Waals surface area (Å²) in [5.41, 5.74) is 0.660. The normalized spacial score (nSPS) is 23.9. The Kier molecular flexibility index (Phi) is 5.21. The van der Waals surface area contributed by atoms with Gasteiger partial charge in [-0.3, -0.25) is 0 Å². The molecule has 6 nitrogen and oxygen atoms in total. The SMILES string of the molecule is Cc1cc2c(cc1S(=O)(=O)NC1CCNCC1C)OCO2.Cl. The smallest absolute Gasteiger partial charge is 0.241 e. The van der Waals surface area contributed by atoms with Crippen molar-refractivity contribution < 1.29 is 17.9 Å². The molecule has 0 aromatic heterocycles. The number of fused-ring (bicyclic) bond motifs is 1. The van der Waals surface area contributed by atoms with Crippen LogP contribution >= 0.6 is 12.4 Å². The van der Waals surface area contributed by atoms with E-state index in [2.05, 4.69) is 10.0 Å². The molecular formula is C14H21ClN2O4S. The molecule has 2 aliphatic rings. The minimum absolute atomic E-state index is 0. The van der Waals surface area contributed by atoms with Crippen molar-refractivity contribution >= 4 is 22.4 Å². The highest BCUT2D eigenvalue weighted by molar-refractivity contribution is 7.89. The molecular weight excluding hydrogens is 328 g/mol. The average molecular weight is 349 g/mol. The highest BCUT2D eigenvalue weighted by Crippen LogP contribution is 2.36. The molecule has 0 spiro atoms. The van der Waals surface area contributed by atoms with Gasteiger partial charge in [-0.15, -0.1) is 12.4 Å². The summed E-state index contributed by atoms with van der Waals surface area (Å²) in [4.78, 5) is 0.262. The zero-order valence-electron chi connectivity index (χ0n) is 12.6. The quantitative estimate of drug-likeness (QED) is 0.864. The Morgan fingerprint density at radius 2 is 1.95 bits per heavy atom. The summed E-state index contributed by atoms with van der Waals surface area (Å²) in [5, 5.41) is 3.26. The van der Waals surface area contributed by atoms with Crippen molar-refractivity contribution in [3.8, 4) is 11.5 Å². The molecule has 0 amide bonds. The molecule has 22 heavy (non-hydrogen) atoms. The zero-order chi connectivity index (χ0) is 15.0. The summed E-state index contributed by atoms with van der Waals surface area (Å²) in [7, 11) is -3.56. The molecule has 1 aromatic rings. The maximum Gasteiger partial charge on any atom is 0.241 e. The van der Waals surface area contributed by atoms with Gasteiger partial charge in [-0.2, -0.15) is 0 Å². The lowest BCUT2D eigenvalue weighted by atomic mass is 9.97. The molecule has 124 valence electrons. The summed E-state index contributed by atoms with van der Waals surface area (Å²) in [5.74, 6) is 1.35. The summed E-state index contributed by atoms with van der Waals surface area (Å²) < 4.78 is 38.7. The summed E-state index contributed by atoms with van der Waals surface area (Å²) >= 11 is 0. The van der Waals surface area contributed by atoms with Gasteiger partial charge >= 0.3 is 0 Å². The monoisotopic (exact) mass is 348 g/mol. The molecule has 2 unspecified atom stereocenters. The molecule has 0 aliphatic carbocycles. The summed E-state index contributed by atoms with van der Waals surface area (Å²) in [6, 6.07) is 3.22. The predicted octanol–water partition coefficient (Wildman–Crippen LogP) is 1.42. The first kappa shape index (κ1) is 17.3. The number of ether oxygens (including phenoxy) is 2. The maximum absolute atomic E-state index is 12.6. The minimum atomic E-state index is -3.56. The van der Waals surface area contributed by atoms with Gasteiger partial charge in [0.15, 0.2) is 11.5 Å². The second-order valence-corrected chi connectivity index (χ2v) is 7.35. The standard InChI is InChI=1S/C14H20N2O4S.ClH/c1-9-5-12-13(20-8-19-12)6-14(9)21(17,18)16-11-3-4-15-7-10(11)2;/h5-6,10-11,15-16H,3-4,7-8H2,1-2H3;1H. The number of rotatable bonds is 3. The fraction of sp³-hybridized carbons (Fsp3) is 0.571. The van der Waals surface area contributed by atoms with Gasteiger partial charge in [0.25, 0.3) is 0 Å². The van der Waals surface area contributed by atoms with Gasteiger partial charge in [0.05, 0.1) is 4.90 Å². The fourth-order valence-electron chi connectivity index (χ4n) is 2.77. The van der Waals surface area contributed by atoms with Gasteiger partial charge in [0.1, 0.15) is 0 Å². The van der Waals surface area contributed by atoms with E-state index in [9.17, 15) is 8.42 Å². The van der Waals surface area contributed by atoms with Crippen molar-refractivity contribution in [1.82, 2.24) is 10.0 Å². The molecule has 2 N–H and O–H groups in total.